The molecule has 2 N–H and O–H groups in total. The monoisotopic (exact) mass is 387 g/mol. The molecular weight excluding hydrogens is 358 g/mol. The van der Waals surface area contributed by atoms with Gasteiger partial charge in [-0.3, -0.25) is 4.79 Å². The quantitative estimate of drug-likeness (QED) is 0.717. The first kappa shape index (κ1) is 22.4. The lowest BCUT2D eigenvalue weighted by atomic mass is 9.99. The molecule has 26 heavy (non-hydrogen) atoms. The van der Waals surface area contributed by atoms with Crippen LogP contribution in [0.5, 0.6) is 5.75 Å². The molecule has 0 aliphatic rings. The summed E-state index contributed by atoms with van der Waals surface area (Å²) >= 11 is 0. The van der Waals surface area contributed by atoms with E-state index in [0.29, 0.717) is 0 Å². The van der Waals surface area contributed by atoms with Crippen molar-refractivity contribution in [3.63, 3.8) is 0 Å². The van der Waals surface area contributed by atoms with Crippen LogP contribution >= 0.6 is 0 Å². The summed E-state index contributed by atoms with van der Waals surface area (Å²) in [6.07, 6.45) is 0.266. The molecule has 148 valence electrons. The van der Waals surface area contributed by atoms with E-state index in [0.717, 1.165) is 5.56 Å². The van der Waals surface area contributed by atoms with Crippen LogP contribution in [-0.2, 0) is 30.5 Å². The Bertz CT molecular complexity index is 699. The van der Waals surface area contributed by atoms with Crippen LogP contribution in [0.3, 0.4) is 0 Å². The van der Waals surface area contributed by atoms with Crippen LogP contribution in [0.4, 0.5) is 0 Å². The molecule has 0 bridgehead atoms. The van der Waals surface area contributed by atoms with Crippen molar-refractivity contribution in [3.05, 3.63) is 29.8 Å². The maximum atomic E-state index is 11.9. The normalized spacial score (nSPS) is 14.0. The molecule has 1 aromatic carbocycles. The van der Waals surface area contributed by atoms with Crippen LogP contribution in [-0.4, -0.2) is 32.6 Å². The zero-order chi connectivity index (χ0) is 20.2. The van der Waals surface area contributed by atoms with E-state index in [9.17, 15) is 13.2 Å². The second-order valence-corrected chi connectivity index (χ2v) is 9.52. The van der Waals surface area contributed by atoms with Gasteiger partial charge in [-0.05, 0) is 50.3 Å². The molecule has 1 rings (SSSR count). The van der Waals surface area contributed by atoms with Crippen molar-refractivity contribution >= 4 is 16.4 Å². The molecule has 0 heterocycles. The Kier molecular flexibility index (Phi) is 7.21. The summed E-state index contributed by atoms with van der Waals surface area (Å²) < 4.78 is 38.6. The van der Waals surface area contributed by atoms with Crippen LogP contribution in [0.2, 0.25) is 0 Å². The highest BCUT2D eigenvalue weighted by Gasteiger charge is 2.23. The van der Waals surface area contributed by atoms with Gasteiger partial charge in [-0.15, -0.1) is 0 Å². The minimum absolute atomic E-state index is 0.0121. The molecule has 1 atom stereocenters. The number of hydrogen-bond donors (Lipinski definition) is 1. The first-order valence-corrected chi connectivity index (χ1v) is 9.66. The highest BCUT2D eigenvalue weighted by Crippen LogP contribution is 2.19. The molecule has 0 amide bonds. The summed E-state index contributed by atoms with van der Waals surface area (Å²) in [4.78, 5) is 11.9. The molecule has 0 unspecified atom stereocenters. The zero-order valence-corrected chi connectivity index (χ0v) is 17.1. The van der Waals surface area contributed by atoms with Gasteiger partial charge >= 0.3 is 16.4 Å². The first-order valence-electron chi connectivity index (χ1n) is 8.33. The van der Waals surface area contributed by atoms with Crippen LogP contribution in [0.15, 0.2) is 24.3 Å². The average Bonchev–Trinajstić information content (AvgIpc) is 2.44. The molecule has 0 aliphatic heterocycles. The van der Waals surface area contributed by atoms with E-state index in [1.807, 2.05) is 20.8 Å². The van der Waals surface area contributed by atoms with Gasteiger partial charge in [0.2, 0.25) is 0 Å². The molecule has 0 radical (unpaired) electrons. The third-order valence-electron chi connectivity index (χ3n) is 2.92. The Morgan fingerprint density at radius 1 is 1.08 bits per heavy atom. The highest BCUT2D eigenvalue weighted by molar-refractivity contribution is 7.82. The lowest BCUT2D eigenvalue weighted by Gasteiger charge is -2.22. The molecule has 0 saturated carbocycles. The number of carbonyl (C=O) groups excluding carboxylic acids is 1. The van der Waals surface area contributed by atoms with Crippen molar-refractivity contribution in [1.29, 1.82) is 0 Å². The largest absolute Gasteiger partial charge is 0.459 e. The van der Waals surface area contributed by atoms with Crippen molar-refractivity contribution in [2.75, 3.05) is 6.61 Å². The van der Waals surface area contributed by atoms with E-state index < -0.39 is 28.0 Å². The van der Waals surface area contributed by atoms with E-state index in [1.54, 1.807) is 32.9 Å². The smallest absolute Gasteiger partial charge is 0.449 e. The van der Waals surface area contributed by atoms with Gasteiger partial charge in [-0.25, -0.2) is 4.18 Å². The Balaban J connectivity index is 2.64. The third kappa shape index (κ3) is 9.17. The van der Waals surface area contributed by atoms with Gasteiger partial charge in [0.05, 0.1) is 6.61 Å². The van der Waals surface area contributed by atoms with E-state index in [-0.39, 0.29) is 24.2 Å². The number of hydrogen-bond acceptors (Lipinski definition) is 7. The maximum absolute atomic E-state index is 11.9. The Morgan fingerprint density at radius 2 is 1.62 bits per heavy atom. The van der Waals surface area contributed by atoms with Gasteiger partial charge in [0.15, 0.2) is 0 Å². The fourth-order valence-corrected chi connectivity index (χ4v) is 2.68. The minimum atomic E-state index is -4.14. The summed E-state index contributed by atoms with van der Waals surface area (Å²) in [5.74, 6) is -0.371. The zero-order valence-electron chi connectivity index (χ0n) is 16.2. The van der Waals surface area contributed by atoms with Crippen LogP contribution in [0.25, 0.3) is 0 Å². The van der Waals surface area contributed by atoms with Gasteiger partial charge in [0.25, 0.3) is 0 Å². The molecule has 0 spiro atoms. The summed E-state index contributed by atoms with van der Waals surface area (Å²) in [7, 11) is -4.14. The van der Waals surface area contributed by atoms with Crippen molar-refractivity contribution in [2.24, 2.45) is 11.1 Å². The Morgan fingerprint density at radius 3 is 2.08 bits per heavy atom. The van der Waals surface area contributed by atoms with E-state index in [4.69, 9.17) is 18.8 Å². The van der Waals surface area contributed by atoms with Crippen LogP contribution in [0, 0.1) is 5.41 Å². The second kappa shape index (κ2) is 8.37. The average molecular weight is 387 g/mol. The van der Waals surface area contributed by atoms with Gasteiger partial charge in [0.1, 0.15) is 17.4 Å². The molecular formula is C18H29NO6S. The van der Waals surface area contributed by atoms with Crippen molar-refractivity contribution in [3.8, 4) is 5.75 Å². The molecule has 8 heteroatoms. The lowest BCUT2D eigenvalue weighted by Crippen LogP contribution is -2.38. The lowest BCUT2D eigenvalue weighted by molar-refractivity contribution is -0.156. The topological polar surface area (TPSA) is 105 Å². The second-order valence-electron chi connectivity index (χ2n) is 8.30. The number of ether oxygens (including phenoxy) is 1. The number of nitrogens with two attached hydrogens (primary N) is 1. The number of rotatable bonds is 7. The minimum Gasteiger partial charge on any atom is -0.459 e. The molecule has 7 nitrogen and oxygen atoms in total. The summed E-state index contributed by atoms with van der Waals surface area (Å²) in [6.45, 7) is 10.9. The van der Waals surface area contributed by atoms with Crippen molar-refractivity contribution < 1.29 is 26.3 Å². The summed E-state index contributed by atoms with van der Waals surface area (Å²) in [6, 6.07) is 5.43. The standard InChI is InChI=1S/C18H29NO6S/c1-17(2,3)12-23-26(21,22)25-14-9-7-13(8-10-14)11-15(19)16(20)24-18(4,5)6/h7-10,15H,11-12,19H2,1-6H3/t15-/m0/s1. The maximum Gasteiger partial charge on any atom is 0.449 e. The number of esters is 1. The fourth-order valence-electron chi connectivity index (χ4n) is 1.79. The summed E-state index contributed by atoms with van der Waals surface area (Å²) in [5.41, 5.74) is 5.70. The SMILES string of the molecule is CC(C)(C)COS(=O)(=O)Oc1ccc(C[C@H](N)C(=O)OC(C)(C)C)cc1. The molecule has 0 aliphatic carbocycles. The van der Waals surface area contributed by atoms with Crippen molar-refractivity contribution in [1.82, 2.24) is 0 Å². The summed E-state index contributed by atoms with van der Waals surface area (Å²) in [5, 5.41) is 0. The van der Waals surface area contributed by atoms with E-state index >= 15 is 0 Å². The van der Waals surface area contributed by atoms with Gasteiger partial charge in [-0.2, -0.15) is 8.42 Å². The van der Waals surface area contributed by atoms with E-state index in [1.165, 1.54) is 12.1 Å². The third-order valence-corrected chi connectivity index (χ3v) is 3.73. The molecule has 1 aromatic rings. The molecule has 0 fully saturated rings. The fraction of sp³-hybridized carbons (Fsp3) is 0.611. The van der Waals surface area contributed by atoms with Gasteiger partial charge in [0, 0.05) is 0 Å². The van der Waals surface area contributed by atoms with Gasteiger partial charge < -0.3 is 14.7 Å². The van der Waals surface area contributed by atoms with Crippen LogP contribution < -0.4 is 9.92 Å². The van der Waals surface area contributed by atoms with Crippen molar-refractivity contribution in [2.45, 2.75) is 59.6 Å². The van der Waals surface area contributed by atoms with E-state index in [2.05, 4.69) is 0 Å². The predicted molar refractivity (Wildman–Crippen MR) is 98.9 cm³/mol. The number of carbonyl (C=O) groups is 1. The first-order chi connectivity index (χ1) is 11.7. The molecule has 0 saturated heterocycles. The van der Waals surface area contributed by atoms with Gasteiger partial charge in [-0.1, -0.05) is 32.9 Å². The number of benzene rings is 1. The molecule has 0 aromatic heterocycles. The highest BCUT2D eigenvalue weighted by atomic mass is 32.3. The Hall–Kier alpha value is -1.64. The predicted octanol–water partition coefficient (Wildman–Crippen LogP) is 2.58. The van der Waals surface area contributed by atoms with Crippen LogP contribution in [0.1, 0.15) is 47.1 Å². The Labute approximate surface area is 156 Å².